The van der Waals surface area contributed by atoms with Crippen molar-refractivity contribution in [3.8, 4) is 17.1 Å². The van der Waals surface area contributed by atoms with E-state index in [4.69, 9.17) is 4.74 Å². The van der Waals surface area contributed by atoms with E-state index in [1.807, 2.05) is 18.3 Å². The monoisotopic (exact) mass is 405 g/mol. The third-order valence-corrected chi connectivity index (χ3v) is 6.80. The maximum absolute atomic E-state index is 12.7. The van der Waals surface area contributed by atoms with Crippen molar-refractivity contribution in [2.75, 3.05) is 6.61 Å². The maximum Gasteiger partial charge on any atom is 0.350 e. The standard InChI is InChI=1S/C21H23N5O2Si/c1-29(2,3)18-8-5-16(6-9-18)17-7-10-19-24-26(21(27)25(19)15-17)13-14-28-20-22-11-4-12-23-20/h4-12,15H,13-14H2,1-3H3. The van der Waals surface area contributed by atoms with E-state index in [1.54, 1.807) is 22.9 Å². The van der Waals surface area contributed by atoms with Gasteiger partial charge in [-0.05, 0) is 29.3 Å². The van der Waals surface area contributed by atoms with Crippen molar-refractivity contribution >= 4 is 18.9 Å². The normalized spacial score (nSPS) is 11.7. The van der Waals surface area contributed by atoms with Gasteiger partial charge in [-0.2, -0.15) is 0 Å². The summed E-state index contributed by atoms with van der Waals surface area (Å²) in [5, 5.41) is 5.79. The van der Waals surface area contributed by atoms with E-state index >= 15 is 0 Å². The lowest BCUT2D eigenvalue weighted by Gasteiger charge is -2.16. The summed E-state index contributed by atoms with van der Waals surface area (Å²) in [5.74, 6) is 0. The van der Waals surface area contributed by atoms with Crippen LogP contribution in [0, 0.1) is 0 Å². The fraction of sp³-hybridized carbons (Fsp3) is 0.238. The zero-order valence-corrected chi connectivity index (χ0v) is 17.7. The van der Waals surface area contributed by atoms with Crippen LogP contribution >= 0.6 is 0 Å². The molecule has 0 saturated heterocycles. The fourth-order valence-corrected chi connectivity index (χ4v) is 4.25. The van der Waals surface area contributed by atoms with Crippen LogP contribution in [0.4, 0.5) is 0 Å². The molecule has 29 heavy (non-hydrogen) atoms. The fourth-order valence-electron chi connectivity index (χ4n) is 3.08. The van der Waals surface area contributed by atoms with Gasteiger partial charge in [0.15, 0.2) is 5.65 Å². The molecule has 1 aromatic carbocycles. The summed E-state index contributed by atoms with van der Waals surface area (Å²) in [6.07, 6.45) is 5.06. The molecule has 0 N–H and O–H groups in total. The zero-order chi connectivity index (χ0) is 20.4. The molecule has 0 aliphatic rings. The molecular formula is C21H23N5O2Si. The predicted octanol–water partition coefficient (Wildman–Crippen LogP) is 2.58. The van der Waals surface area contributed by atoms with E-state index in [0.717, 1.165) is 11.1 Å². The van der Waals surface area contributed by atoms with Crippen molar-refractivity contribution < 1.29 is 4.74 Å². The van der Waals surface area contributed by atoms with Crippen LogP contribution in [0.3, 0.4) is 0 Å². The zero-order valence-electron chi connectivity index (χ0n) is 16.7. The first-order chi connectivity index (χ1) is 13.9. The van der Waals surface area contributed by atoms with Crippen LogP contribution in [-0.2, 0) is 6.54 Å². The summed E-state index contributed by atoms with van der Waals surface area (Å²) < 4.78 is 8.43. The highest BCUT2D eigenvalue weighted by Gasteiger charge is 2.16. The van der Waals surface area contributed by atoms with Crippen LogP contribution in [0.2, 0.25) is 19.6 Å². The molecule has 0 atom stereocenters. The summed E-state index contributed by atoms with van der Waals surface area (Å²) in [4.78, 5) is 20.7. The Balaban J connectivity index is 1.55. The first-order valence-corrected chi connectivity index (χ1v) is 13.0. The Morgan fingerprint density at radius 1 is 0.966 bits per heavy atom. The van der Waals surface area contributed by atoms with Gasteiger partial charge in [-0.15, -0.1) is 5.10 Å². The number of nitrogens with zero attached hydrogens (tertiary/aromatic N) is 5. The van der Waals surface area contributed by atoms with E-state index in [1.165, 1.54) is 9.87 Å². The average molecular weight is 406 g/mol. The molecule has 3 aromatic heterocycles. The second kappa shape index (κ2) is 7.63. The summed E-state index contributed by atoms with van der Waals surface area (Å²) in [6.45, 7) is 7.57. The van der Waals surface area contributed by atoms with Crippen LogP contribution in [0.5, 0.6) is 6.01 Å². The Bertz CT molecular complexity index is 1180. The Morgan fingerprint density at radius 2 is 1.66 bits per heavy atom. The van der Waals surface area contributed by atoms with Gasteiger partial charge in [0, 0.05) is 18.6 Å². The maximum atomic E-state index is 12.7. The van der Waals surface area contributed by atoms with E-state index in [9.17, 15) is 4.79 Å². The molecular weight excluding hydrogens is 382 g/mol. The number of rotatable bonds is 6. The summed E-state index contributed by atoms with van der Waals surface area (Å²) in [6, 6.07) is 14.5. The topological polar surface area (TPSA) is 74.3 Å². The molecule has 0 bridgehead atoms. The molecule has 0 aliphatic heterocycles. The van der Waals surface area contributed by atoms with E-state index < -0.39 is 8.07 Å². The second-order valence-electron chi connectivity index (χ2n) is 7.86. The third-order valence-electron chi connectivity index (χ3n) is 4.74. The quantitative estimate of drug-likeness (QED) is 0.461. The van der Waals surface area contributed by atoms with Crippen LogP contribution in [-0.4, -0.2) is 38.8 Å². The molecule has 0 radical (unpaired) electrons. The minimum atomic E-state index is -1.33. The van der Waals surface area contributed by atoms with Crippen molar-refractivity contribution in [3.63, 3.8) is 0 Å². The first kappa shape index (κ1) is 19.1. The van der Waals surface area contributed by atoms with E-state index in [0.29, 0.717) is 12.2 Å². The molecule has 0 amide bonds. The van der Waals surface area contributed by atoms with Crippen LogP contribution in [0.1, 0.15) is 0 Å². The van der Waals surface area contributed by atoms with Crippen molar-refractivity contribution in [1.29, 1.82) is 0 Å². The molecule has 148 valence electrons. The Labute approximate surface area is 169 Å². The molecule has 0 fully saturated rings. The lowest BCUT2D eigenvalue weighted by atomic mass is 10.1. The van der Waals surface area contributed by atoms with Gasteiger partial charge in [0.2, 0.25) is 0 Å². The van der Waals surface area contributed by atoms with Crippen molar-refractivity contribution in [2.45, 2.75) is 26.2 Å². The molecule has 0 aliphatic carbocycles. The third kappa shape index (κ3) is 4.12. The van der Waals surface area contributed by atoms with Gasteiger partial charge in [0.05, 0.1) is 14.6 Å². The van der Waals surface area contributed by atoms with Gasteiger partial charge in [0.1, 0.15) is 6.61 Å². The smallest absolute Gasteiger partial charge is 0.350 e. The van der Waals surface area contributed by atoms with Gasteiger partial charge in [-0.25, -0.2) is 23.8 Å². The molecule has 0 spiro atoms. The lowest BCUT2D eigenvalue weighted by Crippen LogP contribution is -2.37. The van der Waals surface area contributed by atoms with E-state index in [2.05, 4.69) is 59.0 Å². The number of pyridine rings is 1. The molecule has 4 rings (SSSR count). The minimum absolute atomic E-state index is 0.196. The number of benzene rings is 1. The number of fused-ring (bicyclic) bond motifs is 1. The highest BCUT2D eigenvalue weighted by Crippen LogP contribution is 2.19. The minimum Gasteiger partial charge on any atom is -0.461 e. The number of hydrogen-bond donors (Lipinski definition) is 0. The van der Waals surface area contributed by atoms with E-state index in [-0.39, 0.29) is 18.3 Å². The molecule has 4 aromatic rings. The Hall–Kier alpha value is -3.26. The highest BCUT2D eigenvalue weighted by atomic mass is 28.3. The molecule has 8 heteroatoms. The number of ether oxygens (including phenoxy) is 1. The highest BCUT2D eigenvalue weighted by molar-refractivity contribution is 6.88. The van der Waals surface area contributed by atoms with Gasteiger partial charge < -0.3 is 4.74 Å². The van der Waals surface area contributed by atoms with Crippen LogP contribution in [0.25, 0.3) is 16.8 Å². The van der Waals surface area contributed by atoms with Crippen molar-refractivity contribution in [2.24, 2.45) is 0 Å². The van der Waals surface area contributed by atoms with Crippen LogP contribution < -0.4 is 15.6 Å². The summed E-state index contributed by atoms with van der Waals surface area (Å²) in [7, 11) is -1.33. The summed E-state index contributed by atoms with van der Waals surface area (Å²) >= 11 is 0. The van der Waals surface area contributed by atoms with Gasteiger partial charge >= 0.3 is 11.7 Å². The van der Waals surface area contributed by atoms with Gasteiger partial charge in [-0.3, -0.25) is 0 Å². The largest absolute Gasteiger partial charge is 0.461 e. The molecule has 0 unspecified atom stereocenters. The number of aromatic nitrogens is 5. The van der Waals surface area contributed by atoms with Gasteiger partial charge in [-0.1, -0.05) is 49.1 Å². The van der Waals surface area contributed by atoms with Crippen molar-refractivity contribution in [1.82, 2.24) is 24.1 Å². The Morgan fingerprint density at radius 3 is 2.34 bits per heavy atom. The molecule has 3 heterocycles. The Kier molecular flexibility index (Phi) is 5.02. The number of hydrogen-bond acceptors (Lipinski definition) is 5. The summed E-state index contributed by atoms with van der Waals surface area (Å²) in [5.41, 5.74) is 2.47. The van der Waals surface area contributed by atoms with Crippen LogP contribution in [0.15, 0.2) is 65.8 Å². The van der Waals surface area contributed by atoms with Gasteiger partial charge in [0.25, 0.3) is 0 Å². The molecule has 7 nitrogen and oxygen atoms in total. The average Bonchev–Trinajstić information content (AvgIpc) is 3.03. The van der Waals surface area contributed by atoms with Crippen molar-refractivity contribution in [3.05, 3.63) is 71.5 Å². The second-order valence-corrected chi connectivity index (χ2v) is 12.9. The SMILES string of the molecule is C[Si](C)(C)c1ccc(-c2ccc3nn(CCOc4ncccn4)c(=O)n3c2)cc1. The predicted molar refractivity (Wildman–Crippen MR) is 115 cm³/mol. The first-order valence-electron chi connectivity index (χ1n) is 9.52. The lowest BCUT2D eigenvalue weighted by molar-refractivity contribution is 0.268. The molecule has 0 saturated carbocycles.